The van der Waals surface area contributed by atoms with Gasteiger partial charge in [0, 0.05) is 36.8 Å². The molecule has 0 aliphatic carbocycles. The minimum Gasteiger partial charge on any atom is -0.477 e. The number of aryl methyl sites for hydroxylation is 1. The molecule has 1 aliphatic rings. The molecule has 1 aromatic carbocycles. The number of nitrogens with zero attached hydrogens (tertiary/aromatic N) is 4. The summed E-state index contributed by atoms with van der Waals surface area (Å²) in [6, 6.07) is 9.43. The molecular weight excluding hydrogens is 505 g/mol. The van der Waals surface area contributed by atoms with E-state index in [1.807, 2.05) is 24.0 Å². The Balaban J connectivity index is 1.57. The molecular formula is C28H26FN5O5. The van der Waals surface area contributed by atoms with E-state index in [4.69, 9.17) is 4.74 Å². The molecule has 39 heavy (non-hydrogen) atoms. The monoisotopic (exact) mass is 531 g/mol. The van der Waals surface area contributed by atoms with E-state index in [2.05, 4.69) is 15.3 Å². The molecule has 4 aromatic rings. The Bertz CT molecular complexity index is 1640. The number of amides is 1. The Morgan fingerprint density at radius 3 is 2.74 bits per heavy atom. The van der Waals surface area contributed by atoms with Crippen LogP contribution in [0.2, 0.25) is 0 Å². The Morgan fingerprint density at radius 1 is 1.23 bits per heavy atom. The quantitative estimate of drug-likeness (QED) is 0.367. The molecule has 0 spiro atoms. The third kappa shape index (κ3) is 5.15. The average Bonchev–Trinajstić information content (AvgIpc) is 3.37. The lowest BCUT2D eigenvalue weighted by molar-refractivity contribution is -0.114. The number of carbonyl (C=O) groups excluding carboxylic acids is 1. The lowest BCUT2D eigenvalue weighted by Gasteiger charge is -2.28. The molecule has 0 radical (unpaired) electrons. The van der Waals surface area contributed by atoms with Crippen molar-refractivity contribution < 1.29 is 23.8 Å². The molecule has 2 N–H and O–H groups in total. The second-order valence-corrected chi connectivity index (χ2v) is 9.38. The van der Waals surface area contributed by atoms with Gasteiger partial charge >= 0.3 is 5.97 Å². The van der Waals surface area contributed by atoms with Gasteiger partial charge in [-0.15, -0.1) is 0 Å². The molecule has 1 amide bonds. The molecule has 5 rings (SSSR count). The van der Waals surface area contributed by atoms with Crippen LogP contribution < -0.4 is 20.4 Å². The largest absolute Gasteiger partial charge is 0.477 e. The van der Waals surface area contributed by atoms with Crippen LogP contribution in [0.15, 0.2) is 59.8 Å². The summed E-state index contributed by atoms with van der Waals surface area (Å²) in [7, 11) is 0. The van der Waals surface area contributed by atoms with Gasteiger partial charge in [0.2, 0.25) is 17.2 Å². The number of rotatable bonds is 7. The highest BCUT2D eigenvalue weighted by atomic mass is 19.1. The van der Waals surface area contributed by atoms with Gasteiger partial charge in [0.1, 0.15) is 23.8 Å². The number of aromatic nitrogens is 3. The molecule has 1 unspecified atom stereocenters. The van der Waals surface area contributed by atoms with E-state index in [0.717, 1.165) is 24.5 Å². The van der Waals surface area contributed by atoms with E-state index >= 15 is 4.39 Å². The number of hydrogen-bond acceptors (Lipinski definition) is 7. The average molecular weight is 532 g/mol. The SMILES string of the molecule is CC(=O)Nc1ccc(-n2cc(C(=O)O)c(=O)c3cc(F)c(N4CCCC4COc4ncccc4C)cc32)cn1. The summed E-state index contributed by atoms with van der Waals surface area (Å²) in [6.45, 7) is 4.14. The number of benzene rings is 1. The number of hydrogen-bond donors (Lipinski definition) is 2. The Hall–Kier alpha value is -4.80. The standard InChI is InChI=1S/C28H26FN5O5/c1-16-5-3-9-30-27(16)39-15-19-6-4-10-33(19)24-12-23-20(11-22(24)29)26(36)21(28(37)38)14-34(23)18-7-8-25(31-13-18)32-17(2)35/h3,5,7-9,11-14,19H,4,6,10,15H2,1-2H3,(H,37,38)(H,31,32,35). The molecule has 1 saturated heterocycles. The fourth-order valence-electron chi connectivity index (χ4n) is 4.83. The van der Waals surface area contributed by atoms with Crippen molar-refractivity contribution in [1.29, 1.82) is 0 Å². The zero-order valence-electron chi connectivity index (χ0n) is 21.3. The highest BCUT2D eigenvalue weighted by Crippen LogP contribution is 2.32. The van der Waals surface area contributed by atoms with E-state index in [0.29, 0.717) is 36.1 Å². The molecule has 1 atom stereocenters. The number of carbonyl (C=O) groups is 2. The Morgan fingerprint density at radius 2 is 2.05 bits per heavy atom. The molecule has 3 aromatic heterocycles. The summed E-state index contributed by atoms with van der Waals surface area (Å²) in [5.41, 5.74) is 0.650. The van der Waals surface area contributed by atoms with Crippen LogP contribution in [0.1, 0.15) is 35.7 Å². The van der Waals surface area contributed by atoms with Crippen LogP contribution in [0.25, 0.3) is 16.6 Å². The minimum absolute atomic E-state index is 0.0711. The minimum atomic E-state index is -1.43. The van der Waals surface area contributed by atoms with Crippen molar-refractivity contribution in [3.63, 3.8) is 0 Å². The van der Waals surface area contributed by atoms with Gasteiger partial charge in [-0.25, -0.2) is 19.2 Å². The maximum Gasteiger partial charge on any atom is 0.341 e. The maximum atomic E-state index is 15.6. The van der Waals surface area contributed by atoms with Gasteiger partial charge < -0.3 is 24.6 Å². The van der Waals surface area contributed by atoms with E-state index in [1.165, 1.54) is 23.9 Å². The number of aromatic carboxylic acids is 1. The number of ether oxygens (including phenoxy) is 1. The van der Waals surface area contributed by atoms with Gasteiger partial charge in [-0.05, 0) is 50.1 Å². The fourth-order valence-corrected chi connectivity index (χ4v) is 4.83. The molecule has 10 nitrogen and oxygen atoms in total. The zero-order chi connectivity index (χ0) is 27.7. The van der Waals surface area contributed by atoms with Gasteiger partial charge in [-0.1, -0.05) is 6.07 Å². The first-order valence-electron chi connectivity index (χ1n) is 12.4. The first-order valence-corrected chi connectivity index (χ1v) is 12.4. The number of nitrogens with one attached hydrogen (secondary N) is 1. The lowest BCUT2D eigenvalue weighted by Crippen LogP contribution is -2.35. The van der Waals surface area contributed by atoms with Crippen molar-refractivity contribution in [2.45, 2.75) is 32.7 Å². The van der Waals surface area contributed by atoms with Crippen LogP contribution in [-0.4, -0.2) is 50.7 Å². The second kappa shape index (κ2) is 10.5. The third-order valence-electron chi connectivity index (χ3n) is 6.69. The number of fused-ring (bicyclic) bond motifs is 1. The van der Waals surface area contributed by atoms with E-state index in [-0.39, 0.29) is 23.0 Å². The van der Waals surface area contributed by atoms with Crippen molar-refractivity contribution >= 4 is 34.3 Å². The molecule has 4 heterocycles. The number of carboxylic acid groups (broad SMARTS) is 1. The molecule has 0 bridgehead atoms. The molecule has 11 heteroatoms. The normalized spacial score (nSPS) is 14.9. The first kappa shape index (κ1) is 25.8. The second-order valence-electron chi connectivity index (χ2n) is 9.38. The van der Waals surface area contributed by atoms with Crippen molar-refractivity contribution in [2.24, 2.45) is 0 Å². The molecule has 0 saturated carbocycles. The van der Waals surface area contributed by atoms with Gasteiger partial charge in [0.25, 0.3) is 0 Å². The van der Waals surface area contributed by atoms with E-state index in [1.54, 1.807) is 24.4 Å². The maximum absolute atomic E-state index is 15.6. The summed E-state index contributed by atoms with van der Waals surface area (Å²) >= 11 is 0. The number of pyridine rings is 3. The van der Waals surface area contributed by atoms with E-state index < -0.39 is 22.8 Å². The smallest absolute Gasteiger partial charge is 0.341 e. The number of carboxylic acids is 1. The predicted octanol–water partition coefficient (Wildman–Crippen LogP) is 3.93. The fraction of sp³-hybridized carbons (Fsp3) is 0.250. The van der Waals surface area contributed by atoms with Crippen LogP contribution in [0.5, 0.6) is 5.88 Å². The van der Waals surface area contributed by atoms with Gasteiger partial charge in [-0.2, -0.15) is 0 Å². The van der Waals surface area contributed by atoms with Crippen molar-refractivity contribution in [3.05, 3.63) is 82.2 Å². The first-order chi connectivity index (χ1) is 18.7. The molecule has 200 valence electrons. The Labute approximate surface area is 222 Å². The summed E-state index contributed by atoms with van der Waals surface area (Å²) in [5, 5.41) is 12.1. The third-order valence-corrected chi connectivity index (χ3v) is 6.69. The van der Waals surface area contributed by atoms with Crippen LogP contribution in [0, 0.1) is 12.7 Å². The van der Waals surface area contributed by atoms with Crippen LogP contribution in [-0.2, 0) is 4.79 Å². The topological polar surface area (TPSA) is 127 Å². The molecule has 1 aliphatic heterocycles. The highest BCUT2D eigenvalue weighted by molar-refractivity contribution is 5.94. The van der Waals surface area contributed by atoms with Gasteiger partial charge in [-0.3, -0.25) is 9.59 Å². The number of anilines is 2. The van der Waals surface area contributed by atoms with Crippen LogP contribution >= 0.6 is 0 Å². The van der Waals surface area contributed by atoms with Crippen molar-refractivity contribution in [2.75, 3.05) is 23.4 Å². The van der Waals surface area contributed by atoms with E-state index in [9.17, 15) is 19.5 Å². The summed E-state index contributed by atoms with van der Waals surface area (Å²) in [4.78, 5) is 46.6. The van der Waals surface area contributed by atoms with Crippen molar-refractivity contribution in [3.8, 4) is 11.6 Å². The van der Waals surface area contributed by atoms with Crippen molar-refractivity contribution in [1.82, 2.24) is 14.5 Å². The van der Waals surface area contributed by atoms with Crippen LogP contribution in [0.4, 0.5) is 15.9 Å². The molecule has 1 fully saturated rings. The number of halogens is 1. The van der Waals surface area contributed by atoms with Gasteiger partial charge in [0.15, 0.2) is 0 Å². The highest BCUT2D eigenvalue weighted by Gasteiger charge is 2.29. The Kier molecular flexibility index (Phi) is 6.97. The van der Waals surface area contributed by atoms with Gasteiger partial charge in [0.05, 0.1) is 29.1 Å². The summed E-state index contributed by atoms with van der Waals surface area (Å²) in [5.74, 6) is -1.52. The zero-order valence-corrected chi connectivity index (χ0v) is 21.3. The van der Waals surface area contributed by atoms with Crippen LogP contribution in [0.3, 0.4) is 0 Å². The predicted molar refractivity (Wildman–Crippen MR) is 143 cm³/mol. The summed E-state index contributed by atoms with van der Waals surface area (Å²) < 4.78 is 23.0. The summed E-state index contributed by atoms with van der Waals surface area (Å²) in [6.07, 6.45) is 5.90. The lowest BCUT2D eigenvalue weighted by atomic mass is 10.1.